The van der Waals surface area contributed by atoms with Crippen molar-refractivity contribution in [2.24, 2.45) is 0 Å². The topological polar surface area (TPSA) is 47.8 Å². The lowest BCUT2D eigenvalue weighted by Gasteiger charge is -2.05. The molecule has 0 aliphatic heterocycles. The van der Waals surface area contributed by atoms with E-state index in [1.165, 1.54) is 23.0 Å². The number of hydrogen-bond acceptors (Lipinski definition) is 3. The monoisotopic (exact) mass is 241 g/mol. The summed E-state index contributed by atoms with van der Waals surface area (Å²) in [6.07, 6.45) is -1.87. The molecular formula is C10H6F3N3O. The number of aromatic nitrogens is 3. The second-order valence-electron chi connectivity index (χ2n) is 3.22. The molecule has 0 amide bonds. The van der Waals surface area contributed by atoms with Gasteiger partial charge in [0.15, 0.2) is 0 Å². The predicted octanol–water partition coefficient (Wildman–Crippen LogP) is 2.01. The van der Waals surface area contributed by atoms with Crippen molar-refractivity contribution in [1.82, 2.24) is 15.0 Å². The number of Topliss-reactive ketones (excluding diaryl/α,β-unsaturated/α-hetero) is 1. The zero-order valence-corrected chi connectivity index (χ0v) is 8.35. The molecule has 0 fully saturated rings. The van der Waals surface area contributed by atoms with Gasteiger partial charge >= 0.3 is 6.18 Å². The summed E-state index contributed by atoms with van der Waals surface area (Å²) < 4.78 is 37.8. The van der Waals surface area contributed by atoms with Gasteiger partial charge in [-0.25, -0.2) is 4.68 Å². The smallest absolute Gasteiger partial charge is 0.284 e. The maximum absolute atomic E-state index is 12.1. The van der Waals surface area contributed by atoms with Crippen LogP contribution in [-0.2, 0) is 0 Å². The number of alkyl halides is 3. The molecule has 0 radical (unpaired) electrons. The number of hydrogen-bond donors (Lipinski definition) is 0. The third-order valence-corrected chi connectivity index (χ3v) is 2.07. The van der Waals surface area contributed by atoms with Crippen LogP contribution < -0.4 is 0 Å². The summed E-state index contributed by atoms with van der Waals surface area (Å²) in [6, 6.07) is 4.95. The fourth-order valence-electron chi connectivity index (χ4n) is 1.28. The molecule has 0 atom stereocenters. The highest BCUT2D eigenvalue weighted by atomic mass is 19.4. The van der Waals surface area contributed by atoms with Gasteiger partial charge in [0.05, 0.1) is 18.1 Å². The van der Waals surface area contributed by atoms with Crippen molar-refractivity contribution < 1.29 is 18.0 Å². The van der Waals surface area contributed by atoms with Crippen molar-refractivity contribution in [2.45, 2.75) is 6.18 Å². The Labute approximate surface area is 93.7 Å². The van der Waals surface area contributed by atoms with Crippen LogP contribution in [0, 0.1) is 0 Å². The number of benzene rings is 1. The molecule has 1 heterocycles. The number of halogens is 3. The summed E-state index contributed by atoms with van der Waals surface area (Å²) >= 11 is 0. The first-order chi connectivity index (χ1) is 7.98. The Morgan fingerprint density at radius 3 is 2.29 bits per heavy atom. The van der Waals surface area contributed by atoms with Crippen LogP contribution >= 0.6 is 0 Å². The van der Waals surface area contributed by atoms with E-state index in [1.54, 1.807) is 6.20 Å². The van der Waals surface area contributed by atoms with Crippen LogP contribution in [-0.4, -0.2) is 27.0 Å². The normalized spacial score (nSPS) is 11.5. The summed E-state index contributed by atoms with van der Waals surface area (Å²) in [5.41, 5.74) is 0.127. The fraction of sp³-hybridized carbons (Fsp3) is 0.100. The highest BCUT2D eigenvalue weighted by molar-refractivity contribution is 6.00. The van der Waals surface area contributed by atoms with Crippen molar-refractivity contribution in [3.05, 3.63) is 42.2 Å². The second-order valence-corrected chi connectivity index (χ2v) is 3.22. The van der Waals surface area contributed by atoms with Crippen LogP contribution in [0.5, 0.6) is 0 Å². The second kappa shape index (κ2) is 4.00. The molecule has 2 rings (SSSR count). The Balaban J connectivity index is 2.28. The number of carbonyl (C=O) groups is 1. The summed E-state index contributed by atoms with van der Waals surface area (Å²) in [5, 5.41) is 7.23. The van der Waals surface area contributed by atoms with E-state index in [1.807, 2.05) is 0 Å². The van der Waals surface area contributed by atoms with Crippen LogP contribution in [0.4, 0.5) is 13.2 Å². The first-order valence-corrected chi connectivity index (χ1v) is 4.57. The first-order valence-electron chi connectivity index (χ1n) is 4.57. The summed E-state index contributed by atoms with van der Waals surface area (Å²) in [6.45, 7) is 0. The summed E-state index contributed by atoms with van der Waals surface area (Å²) in [7, 11) is 0. The lowest BCUT2D eigenvalue weighted by atomic mass is 10.1. The molecule has 4 nitrogen and oxygen atoms in total. The Bertz CT molecular complexity index is 517. The van der Waals surface area contributed by atoms with Gasteiger partial charge in [-0.1, -0.05) is 5.21 Å². The van der Waals surface area contributed by atoms with E-state index >= 15 is 0 Å². The van der Waals surface area contributed by atoms with Crippen LogP contribution in [0.2, 0.25) is 0 Å². The van der Waals surface area contributed by atoms with Crippen LogP contribution in [0.15, 0.2) is 36.7 Å². The first kappa shape index (κ1) is 11.3. The molecule has 2 aromatic rings. The maximum Gasteiger partial charge on any atom is 0.454 e. The van der Waals surface area contributed by atoms with Crippen molar-refractivity contribution in [1.29, 1.82) is 0 Å². The van der Waals surface area contributed by atoms with Crippen LogP contribution in [0.25, 0.3) is 5.69 Å². The summed E-state index contributed by atoms with van der Waals surface area (Å²) in [5.74, 6) is -1.86. The van der Waals surface area contributed by atoms with Crippen molar-refractivity contribution >= 4 is 5.78 Å². The largest absolute Gasteiger partial charge is 0.454 e. The summed E-state index contributed by atoms with van der Waals surface area (Å²) in [4.78, 5) is 10.9. The van der Waals surface area contributed by atoms with E-state index in [2.05, 4.69) is 10.3 Å². The Morgan fingerprint density at radius 1 is 1.18 bits per heavy atom. The van der Waals surface area contributed by atoms with E-state index in [0.29, 0.717) is 5.69 Å². The Kier molecular flexibility index (Phi) is 2.66. The standard InChI is InChI=1S/C10H6F3N3O/c11-10(12,13)9(17)7-1-3-8(4-2-7)16-6-5-14-15-16/h1-6H. The molecule has 0 saturated heterocycles. The zero-order chi connectivity index (χ0) is 12.5. The SMILES string of the molecule is O=C(c1ccc(-n2ccnn2)cc1)C(F)(F)F. The zero-order valence-electron chi connectivity index (χ0n) is 8.35. The third kappa shape index (κ3) is 2.32. The molecule has 0 aliphatic rings. The van der Waals surface area contributed by atoms with Gasteiger partial charge in [-0.05, 0) is 24.3 Å². The van der Waals surface area contributed by atoms with Crippen LogP contribution in [0.1, 0.15) is 10.4 Å². The fourth-order valence-corrected chi connectivity index (χ4v) is 1.28. The molecule has 0 unspecified atom stereocenters. The number of carbonyl (C=O) groups excluding carboxylic acids is 1. The molecular weight excluding hydrogens is 235 g/mol. The van der Waals surface area contributed by atoms with Crippen molar-refractivity contribution in [3.63, 3.8) is 0 Å². The minimum absolute atomic E-state index is 0.402. The van der Waals surface area contributed by atoms with Crippen molar-refractivity contribution in [3.8, 4) is 5.69 Å². The van der Waals surface area contributed by atoms with Gasteiger partial charge in [0.1, 0.15) is 0 Å². The highest BCUT2D eigenvalue weighted by Crippen LogP contribution is 2.21. The minimum Gasteiger partial charge on any atom is -0.284 e. The van der Waals surface area contributed by atoms with Gasteiger partial charge < -0.3 is 0 Å². The number of ketones is 1. The van der Waals surface area contributed by atoms with E-state index < -0.39 is 17.5 Å². The van der Waals surface area contributed by atoms with Crippen molar-refractivity contribution in [2.75, 3.05) is 0 Å². The quantitative estimate of drug-likeness (QED) is 0.755. The van der Waals surface area contributed by atoms with E-state index in [4.69, 9.17) is 0 Å². The molecule has 0 spiro atoms. The molecule has 0 aliphatic carbocycles. The average Bonchev–Trinajstić information content (AvgIpc) is 2.80. The third-order valence-electron chi connectivity index (χ3n) is 2.07. The van der Waals surface area contributed by atoms with E-state index in [-0.39, 0.29) is 0 Å². The molecule has 7 heteroatoms. The predicted molar refractivity (Wildman–Crippen MR) is 51.7 cm³/mol. The average molecular weight is 241 g/mol. The maximum atomic E-state index is 12.1. The lowest BCUT2D eigenvalue weighted by molar-refractivity contribution is -0.0885. The molecule has 0 bridgehead atoms. The molecule has 0 N–H and O–H groups in total. The van der Waals surface area contributed by atoms with Gasteiger partial charge in [0, 0.05) is 5.56 Å². The molecule has 1 aromatic carbocycles. The van der Waals surface area contributed by atoms with Gasteiger partial charge in [-0.2, -0.15) is 13.2 Å². The molecule has 1 aromatic heterocycles. The molecule has 0 saturated carbocycles. The van der Waals surface area contributed by atoms with Gasteiger partial charge in [0.25, 0.3) is 5.78 Å². The van der Waals surface area contributed by atoms with Crippen LogP contribution in [0.3, 0.4) is 0 Å². The minimum atomic E-state index is -4.85. The van der Waals surface area contributed by atoms with E-state index in [0.717, 1.165) is 12.1 Å². The Hall–Kier alpha value is -2.18. The highest BCUT2D eigenvalue weighted by Gasteiger charge is 2.39. The van der Waals surface area contributed by atoms with Gasteiger partial charge in [-0.15, -0.1) is 5.10 Å². The number of rotatable bonds is 2. The van der Waals surface area contributed by atoms with Gasteiger partial charge in [0.2, 0.25) is 0 Å². The van der Waals surface area contributed by atoms with Gasteiger partial charge in [-0.3, -0.25) is 4.79 Å². The Morgan fingerprint density at radius 2 is 1.82 bits per heavy atom. The molecule has 88 valence electrons. The van der Waals surface area contributed by atoms with E-state index in [9.17, 15) is 18.0 Å². The molecule has 17 heavy (non-hydrogen) atoms. The number of nitrogens with zero attached hydrogens (tertiary/aromatic N) is 3. The lowest BCUT2D eigenvalue weighted by Crippen LogP contribution is -2.22.